The van der Waals surface area contributed by atoms with Gasteiger partial charge in [0, 0.05) is 25.3 Å². The van der Waals surface area contributed by atoms with E-state index in [1.54, 1.807) is 52.3 Å². The van der Waals surface area contributed by atoms with E-state index in [1.807, 2.05) is 0 Å². The normalized spacial score (nSPS) is 10.8. The summed E-state index contributed by atoms with van der Waals surface area (Å²) in [7, 11) is 3.16. The van der Waals surface area contributed by atoms with E-state index >= 15 is 0 Å². The number of amides is 2. The number of anilines is 1. The molecule has 0 heterocycles. The van der Waals surface area contributed by atoms with Gasteiger partial charge in [-0.1, -0.05) is 6.07 Å². The number of hydrogen-bond donors (Lipinski definition) is 2. The third-order valence-electron chi connectivity index (χ3n) is 3.01. The van der Waals surface area contributed by atoms with Crippen molar-refractivity contribution in [3.05, 3.63) is 24.3 Å². The average Bonchev–Trinajstić information content (AvgIpc) is 2.43. The van der Waals surface area contributed by atoms with Crippen LogP contribution in [0, 0.1) is 5.41 Å². The van der Waals surface area contributed by atoms with Gasteiger partial charge in [-0.2, -0.15) is 0 Å². The number of aliphatic carboxylic acids is 1. The van der Waals surface area contributed by atoms with Gasteiger partial charge in [0.05, 0.1) is 12.5 Å². The molecule has 0 bridgehead atoms. The van der Waals surface area contributed by atoms with Gasteiger partial charge in [-0.05, 0) is 26.0 Å². The van der Waals surface area contributed by atoms with E-state index in [9.17, 15) is 9.59 Å². The summed E-state index contributed by atoms with van der Waals surface area (Å²) in [5.74, 6) is -0.310. The zero-order valence-corrected chi connectivity index (χ0v) is 12.1. The number of urea groups is 1. The molecule has 2 amide bonds. The molecule has 0 unspecified atom stereocenters. The highest BCUT2D eigenvalue weighted by atomic mass is 16.5. The highest BCUT2D eigenvalue weighted by Crippen LogP contribution is 2.20. The lowest BCUT2D eigenvalue weighted by Crippen LogP contribution is -2.44. The Morgan fingerprint density at radius 3 is 2.60 bits per heavy atom. The molecule has 0 spiro atoms. The molecule has 0 atom stereocenters. The summed E-state index contributed by atoms with van der Waals surface area (Å²) in [5.41, 5.74) is -0.347. The Kier molecular flexibility index (Phi) is 4.96. The molecule has 20 heavy (non-hydrogen) atoms. The monoisotopic (exact) mass is 280 g/mol. The van der Waals surface area contributed by atoms with Crippen molar-refractivity contribution in [3.8, 4) is 5.75 Å². The molecule has 2 N–H and O–H groups in total. The number of carboxylic acids is 1. The van der Waals surface area contributed by atoms with Crippen LogP contribution in [-0.4, -0.2) is 37.8 Å². The third-order valence-corrected chi connectivity index (χ3v) is 3.01. The van der Waals surface area contributed by atoms with Gasteiger partial charge < -0.3 is 15.2 Å². The molecule has 6 nitrogen and oxygen atoms in total. The van der Waals surface area contributed by atoms with Gasteiger partial charge >= 0.3 is 12.0 Å². The zero-order chi connectivity index (χ0) is 15.3. The van der Waals surface area contributed by atoms with Crippen molar-refractivity contribution in [2.45, 2.75) is 13.8 Å². The van der Waals surface area contributed by atoms with Gasteiger partial charge in [-0.3, -0.25) is 9.69 Å². The van der Waals surface area contributed by atoms with Gasteiger partial charge in [0.15, 0.2) is 0 Å². The van der Waals surface area contributed by atoms with Crippen LogP contribution >= 0.6 is 0 Å². The lowest BCUT2D eigenvalue weighted by molar-refractivity contribution is -0.146. The number of carboxylic acid groups (broad SMARTS) is 1. The van der Waals surface area contributed by atoms with Gasteiger partial charge in [-0.25, -0.2) is 4.79 Å². The van der Waals surface area contributed by atoms with Crippen molar-refractivity contribution in [3.63, 3.8) is 0 Å². The second-order valence-electron chi connectivity index (χ2n) is 5.11. The highest BCUT2D eigenvalue weighted by molar-refractivity contribution is 5.92. The first-order valence-corrected chi connectivity index (χ1v) is 6.17. The smallest absolute Gasteiger partial charge is 0.321 e. The van der Waals surface area contributed by atoms with Gasteiger partial charge in [-0.15, -0.1) is 0 Å². The number of methoxy groups -OCH3 is 1. The lowest BCUT2D eigenvalue weighted by atomic mass is 9.94. The first kappa shape index (κ1) is 15.8. The SMILES string of the molecule is COc1cccc(N(C)C(=O)NCC(C)(C)C(=O)O)c1. The largest absolute Gasteiger partial charge is 0.497 e. The van der Waals surface area contributed by atoms with E-state index in [0.29, 0.717) is 11.4 Å². The quantitative estimate of drug-likeness (QED) is 0.864. The van der Waals surface area contributed by atoms with E-state index in [1.165, 1.54) is 4.90 Å². The molecular formula is C14H20N2O4. The molecule has 0 aromatic heterocycles. The Labute approximate surface area is 118 Å². The molecule has 0 radical (unpaired) electrons. The number of ether oxygens (including phenoxy) is 1. The topological polar surface area (TPSA) is 78.9 Å². The van der Waals surface area contributed by atoms with Gasteiger partial charge in [0.25, 0.3) is 0 Å². The standard InChI is InChI=1S/C14H20N2O4/c1-14(2,12(17)18)9-15-13(19)16(3)10-6-5-7-11(8-10)20-4/h5-8H,9H2,1-4H3,(H,15,19)(H,17,18). The molecule has 0 aliphatic rings. The maximum absolute atomic E-state index is 12.0. The third kappa shape index (κ3) is 3.88. The molecule has 0 fully saturated rings. The Morgan fingerprint density at radius 2 is 2.05 bits per heavy atom. The number of carbonyl (C=O) groups excluding carboxylic acids is 1. The Balaban J connectivity index is 2.70. The fourth-order valence-corrected chi connectivity index (χ4v) is 1.43. The average molecular weight is 280 g/mol. The molecule has 110 valence electrons. The van der Waals surface area contributed by atoms with Crippen molar-refractivity contribution >= 4 is 17.7 Å². The number of rotatable bonds is 5. The van der Waals surface area contributed by atoms with Crippen molar-refractivity contribution in [2.24, 2.45) is 5.41 Å². The van der Waals surface area contributed by atoms with Crippen LogP contribution in [-0.2, 0) is 4.79 Å². The van der Waals surface area contributed by atoms with Crippen LogP contribution in [0.4, 0.5) is 10.5 Å². The zero-order valence-electron chi connectivity index (χ0n) is 12.1. The molecule has 0 saturated carbocycles. The second-order valence-corrected chi connectivity index (χ2v) is 5.11. The van der Waals surface area contributed by atoms with Crippen LogP contribution in [0.2, 0.25) is 0 Å². The summed E-state index contributed by atoms with van der Waals surface area (Å²) in [6, 6.07) is 6.68. The summed E-state index contributed by atoms with van der Waals surface area (Å²) < 4.78 is 5.09. The van der Waals surface area contributed by atoms with Crippen molar-refractivity contribution in [1.29, 1.82) is 0 Å². The fraction of sp³-hybridized carbons (Fsp3) is 0.429. The fourth-order valence-electron chi connectivity index (χ4n) is 1.43. The molecule has 0 aliphatic carbocycles. The summed E-state index contributed by atoms with van der Waals surface area (Å²) >= 11 is 0. The molecule has 1 rings (SSSR count). The first-order valence-electron chi connectivity index (χ1n) is 6.17. The molecular weight excluding hydrogens is 260 g/mol. The van der Waals surface area contributed by atoms with E-state index in [4.69, 9.17) is 9.84 Å². The number of carbonyl (C=O) groups is 2. The van der Waals surface area contributed by atoms with Crippen LogP contribution in [0.5, 0.6) is 5.75 Å². The van der Waals surface area contributed by atoms with Crippen LogP contribution in [0.25, 0.3) is 0 Å². The minimum absolute atomic E-state index is 0.0511. The minimum atomic E-state index is -1.01. The summed E-state index contributed by atoms with van der Waals surface area (Å²) in [5, 5.41) is 11.6. The Morgan fingerprint density at radius 1 is 1.40 bits per heavy atom. The first-order chi connectivity index (χ1) is 9.27. The number of nitrogens with zero attached hydrogens (tertiary/aromatic N) is 1. The second kappa shape index (κ2) is 6.27. The number of nitrogens with one attached hydrogen (secondary N) is 1. The molecule has 0 aliphatic heterocycles. The van der Waals surface area contributed by atoms with E-state index in [2.05, 4.69) is 5.32 Å². The molecule has 1 aromatic carbocycles. The van der Waals surface area contributed by atoms with E-state index < -0.39 is 11.4 Å². The van der Waals surface area contributed by atoms with Crippen molar-refractivity contribution < 1.29 is 19.4 Å². The minimum Gasteiger partial charge on any atom is -0.497 e. The van der Waals surface area contributed by atoms with Crippen LogP contribution < -0.4 is 15.0 Å². The van der Waals surface area contributed by atoms with Crippen molar-refractivity contribution in [1.82, 2.24) is 5.32 Å². The highest BCUT2D eigenvalue weighted by Gasteiger charge is 2.28. The molecule has 0 saturated heterocycles. The van der Waals surface area contributed by atoms with Crippen LogP contribution in [0.3, 0.4) is 0 Å². The van der Waals surface area contributed by atoms with Gasteiger partial charge in [0.2, 0.25) is 0 Å². The Bertz CT molecular complexity index is 500. The van der Waals surface area contributed by atoms with E-state index in [-0.39, 0.29) is 12.6 Å². The molecule has 6 heteroatoms. The maximum Gasteiger partial charge on any atom is 0.321 e. The van der Waals surface area contributed by atoms with E-state index in [0.717, 1.165) is 0 Å². The molecule has 1 aromatic rings. The predicted octanol–water partition coefficient (Wildman–Crippen LogP) is 1.95. The summed E-state index contributed by atoms with van der Waals surface area (Å²) in [4.78, 5) is 24.4. The predicted molar refractivity (Wildman–Crippen MR) is 76.2 cm³/mol. The summed E-state index contributed by atoms with van der Waals surface area (Å²) in [6.07, 6.45) is 0. The lowest BCUT2D eigenvalue weighted by Gasteiger charge is -2.23. The number of benzene rings is 1. The van der Waals surface area contributed by atoms with Crippen LogP contribution in [0.1, 0.15) is 13.8 Å². The van der Waals surface area contributed by atoms with Crippen LogP contribution in [0.15, 0.2) is 24.3 Å². The number of hydrogen-bond acceptors (Lipinski definition) is 3. The van der Waals surface area contributed by atoms with Gasteiger partial charge in [0.1, 0.15) is 5.75 Å². The summed E-state index contributed by atoms with van der Waals surface area (Å²) in [6.45, 7) is 3.16. The van der Waals surface area contributed by atoms with Crippen molar-refractivity contribution in [2.75, 3.05) is 25.6 Å². The Hall–Kier alpha value is -2.24. The maximum atomic E-state index is 12.0.